The van der Waals surface area contributed by atoms with Gasteiger partial charge in [-0.3, -0.25) is 9.78 Å². The third-order valence-corrected chi connectivity index (χ3v) is 5.62. The van der Waals surface area contributed by atoms with Gasteiger partial charge >= 0.3 is 6.61 Å². The topological polar surface area (TPSA) is 68.2 Å². The van der Waals surface area contributed by atoms with Gasteiger partial charge in [-0.2, -0.15) is 8.78 Å². The van der Waals surface area contributed by atoms with Crippen LogP contribution in [0.3, 0.4) is 0 Å². The van der Waals surface area contributed by atoms with E-state index in [0.717, 1.165) is 48.2 Å². The molecule has 1 amide bonds. The molecule has 1 aliphatic heterocycles. The first-order valence-electron chi connectivity index (χ1n) is 10.7. The number of halogens is 2. The molecule has 1 fully saturated rings. The number of alkyl halides is 2. The maximum absolute atomic E-state index is 12.4. The second-order valence-corrected chi connectivity index (χ2v) is 8.02. The Hall–Kier alpha value is -3.68. The van der Waals surface area contributed by atoms with Gasteiger partial charge in [-0.25, -0.2) is 9.97 Å². The molecule has 0 unspecified atom stereocenters. The van der Waals surface area contributed by atoms with Crippen LogP contribution in [0.2, 0.25) is 0 Å². The van der Waals surface area contributed by atoms with Gasteiger partial charge in [0.05, 0.1) is 0 Å². The van der Waals surface area contributed by atoms with Gasteiger partial charge in [-0.15, -0.1) is 0 Å². The molecule has 1 aromatic carbocycles. The zero-order chi connectivity index (χ0) is 23.2. The van der Waals surface area contributed by atoms with E-state index in [1.807, 2.05) is 17.2 Å². The fourth-order valence-electron chi connectivity index (χ4n) is 4.03. The number of amides is 1. The molecule has 33 heavy (non-hydrogen) atoms. The Morgan fingerprint density at radius 1 is 1.15 bits per heavy atom. The van der Waals surface area contributed by atoms with Crippen LogP contribution in [0, 0.1) is 5.92 Å². The van der Waals surface area contributed by atoms with Crippen LogP contribution in [0.5, 0.6) is 5.75 Å². The zero-order valence-electron chi connectivity index (χ0n) is 18.0. The summed E-state index contributed by atoms with van der Waals surface area (Å²) in [5.74, 6) is 1.07. The molecule has 2 aromatic heterocycles. The van der Waals surface area contributed by atoms with Crippen molar-refractivity contribution in [1.82, 2.24) is 19.9 Å². The first kappa shape index (κ1) is 22.5. The number of pyridine rings is 1. The second-order valence-electron chi connectivity index (χ2n) is 8.02. The smallest absolute Gasteiger partial charge is 0.387 e. The van der Waals surface area contributed by atoms with Crippen molar-refractivity contribution >= 4 is 5.91 Å². The van der Waals surface area contributed by atoms with Crippen LogP contribution in [0.1, 0.15) is 23.4 Å². The van der Waals surface area contributed by atoms with Crippen molar-refractivity contribution in [3.63, 3.8) is 0 Å². The predicted molar refractivity (Wildman–Crippen MR) is 120 cm³/mol. The van der Waals surface area contributed by atoms with E-state index in [1.165, 1.54) is 12.1 Å². The first-order valence-corrected chi connectivity index (χ1v) is 10.7. The second kappa shape index (κ2) is 10.3. The number of benzene rings is 1. The summed E-state index contributed by atoms with van der Waals surface area (Å²) < 4.78 is 29.3. The summed E-state index contributed by atoms with van der Waals surface area (Å²) in [6, 6.07) is 8.60. The van der Waals surface area contributed by atoms with Gasteiger partial charge in [0, 0.05) is 55.4 Å². The van der Waals surface area contributed by atoms with Crippen molar-refractivity contribution in [2.24, 2.45) is 5.92 Å². The van der Waals surface area contributed by atoms with Gasteiger partial charge in [-0.1, -0.05) is 18.7 Å². The molecule has 1 aliphatic rings. The Morgan fingerprint density at radius 3 is 2.73 bits per heavy atom. The molecular formula is C25H24F2N4O2. The molecule has 0 aliphatic carbocycles. The summed E-state index contributed by atoms with van der Waals surface area (Å²) in [6.45, 7) is 2.19. The Balaban J connectivity index is 1.40. The molecular weight excluding hydrogens is 426 g/mol. The average Bonchev–Trinajstić information content (AvgIpc) is 3.27. The van der Waals surface area contributed by atoms with Crippen molar-refractivity contribution in [2.45, 2.75) is 25.9 Å². The summed E-state index contributed by atoms with van der Waals surface area (Å²) in [5.41, 5.74) is 3.65. The van der Waals surface area contributed by atoms with Gasteiger partial charge in [0.15, 0.2) is 0 Å². The summed E-state index contributed by atoms with van der Waals surface area (Å²) >= 11 is 0. The first-order chi connectivity index (χ1) is 16.0. The van der Waals surface area contributed by atoms with Gasteiger partial charge in [-0.05, 0) is 54.2 Å². The fourth-order valence-corrected chi connectivity index (χ4v) is 4.03. The molecule has 1 atom stereocenters. The molecule has 3 aromatic rings. The van der Waals surface area contributed by atoms with Crippen LogP contribution in [-0.4, -0.2) is 45.5 Å². The summed E-state index contributed by atoms with van der Waals surface area (Å²) in [7, 11) is 0. The number of carbonyl (C=O) groups is 1. The molecule has 170 valence electrons. The maximum Gasteiger partial charge on any atom is 0.387 e. The van der Waals surface area contributed by atoms with E-state index in [4.69, 9.17) is 0 Å². The van der Waals surface area contributed by atoms with Crippen molar-refractivity contribution < 1.29 is 18.3 Å². The molecule has 1 saturated heterocycles. The Kier molecular flexibility index (Phi) is 7.02. The highest BCUT2D eigenvalue weighted by Crippen LogP contribution is 2.24. The fraction of sp³-hybridized carbons (Fsp3) is 0.280. The number of aromatic nitrogens is 3. The third kappa shape index (κ3) is 5.97. The number of likely N-dealkylation sites (tertiary alicyclic amines) is 1. The van der Waals surface area contributed by atoms with E-state index in [0.29, 0.717) is 18.2 Å². The minimum absolute atomic E-state index is 0.0186. The lowest BCUT2D eigenvalue weighted by Crippen LogP contribution is -2.26. The number of ether oxygens (including phenoxy) is 1. The summed E-state index contributed by atoms with van der Waals surface area (Å²) in [4.78, 5) is 26.9. The largest absolute Gasteiger partial charge is 0.435 e. The van der Waals surface area contributed by atoms with Gasteiger partial charge < -0.3 is 9.64 Å². The Labute approximate surface area is 191 Å². The van der Waals surface area contributed by atoms with Crippen molar-refractivity contribution in [1.29, 1.82) is 0 Å². The predicted octanol–water partition coefficient (Wildman–Crippen LogP) is 4.31. The van der Waals surface area contributed by atoms with Crippen LogP contribution < -0.4 is 4.74 Å². The Morgan fingerprint density at radius 2 is 1.97 bits per heavy atom. The molecule has 8 heteroatoms. The lowest BCUT2D eigenvalue weighted by molar-refractivity contribution is -0.125. The summed E-state index contributed by atoms with van der Waals surface area (Å²) in [5, 5.41) is 0. The van der Waals surface area contributed by atoms with E-state index in [2.05, 4.69) is 32.3 Å². The average molecular weight is 450 g/mol. The highest BCUT2D eigenvalue weighted by Gasteiger charge is 2.25. The Bertz CT molecular complexity index is 1120. The molecule has 0 bridgehead atoms. The van der Waals surface area contributed by atoms with Gasteiger partial charge in [0.2, 0.25) is 5.91 Å². The molecule has 4 rings (SSSR count). The third-order valence-electron chi connectivity index (χ3n) is 5.62. The minimum atomic E-state index is -2.86. The number of nitrogens with zero attached hydrogens (tertiary/aromatic N) is 4. The molecule has 3 heterocycles. The van der Waals surface area contributed by atoms with Crippen molar-refractivity contribution in [3.05, 3.63) is 84.7 Å². The number of carbonyl (C=O) groups excluding carboxylic acids is 1. The molecule has 0 saturated carbocycles. The van der Waals surface area contributed by atoms with E-state index >= 15 is 0 Å². The van der Waals surface area contributed by atoms with Gasteiger partial charge in [0.1, 0.15) is 11.6 Å². The highest BCUT2D eigenvalue weighted by atomic mass is 19.3. The standard InChI is InChI=1S/C25H24F2N4O2/c1-2-24(32)31-7-6-18(16-31)8-19-9-20(13-28-12-19)21-14-29-23(30-15-21)11-17-4-3-5-22(10-17)33-25(26)27/h2-5,9-10,12-15,18,25H,1,6-8,11,16H2/t18-/m1/s1. The van der Waals surface area contributed by atoms with E-state index in [1.54, 1.807) is 30.7 Å². The maximum atomic E-state index is 12.4. The van der Waals surface area contributed by atoms with Crippen LogP contribution in [-0.2, 0) is 17.6 Å². The number of hydrogen-bond acceptors (Lipinski definition) is 5. The van der Waals surface area contributed by atoms with Gasteiger partial charge in [0.25, 0.3) is 0 Å². The van der Waals surface area contributed by atoms with Crippen LogP contribution in [0.25, 0.3) is 11.1 Å². The molecule has 6 nitrogen and oxygen atoms in total. The summed E-state index contributed by atoms with van der Waals surface area (Å²) in [6.07, 6.45) is 10.7. The SMILES string of the molecule is C=CC(=O)N1CC[C@H](Cc2cncc(-c3cnc(Cc4cccc(OC(F)F)c4)nc3)c2)C1. The van der Waals surface area contributed by atoms with Crippen LogP contribution in [0.15, 0.2) is 67.8 Å². The number of rotatable bonds is 8. The van der Waals surface area contributed by atoms with Crippen molar-refractivity contribution in [3.8, 4) is 16.9 Å². The van der Waals surface area contributed by atoms with E-state index < -0.39 is 6.61 Å². The lowest BCUT2D eigenvalue weighted by Gasteiger charge is -2.14. The van der Waals surface area contributed by atoms with Crippen molar-refractivity contribution in [2.75, 3.05) is 13.1 Å². The highest BCUT2D eigenvalue weighted by molar-refractivity contribution is 5.87. The van der Waals surface area contributed by atoms with E-state index in [9.17, 15) is 13.6 Å². The minimum Gasteiger partial charge on any atom is -0.435 e. The molecule has 0 spiro atoms. The van der Waals surface area contributed by atoms with Crippen LogP contribution in [0.4, 0.5) is 8.78 Å². The quantitative estimate of drug-likeness (QED) is 0.479. The number of hydrogen-bond donors (Lipinski definition) is 0. The monoisotopic (exact) mass is 450 g/mol. The van der Waals surface area contributed by atoms with E-state index in [-0.39, 0.29) is 11.7 Å². The normalized spacial score (nSPS) is 15.6. The molecule has 0 radical (unpaired) electrons. The van der Waals surface area contributed by atoms with Crippen LogP contribution >= 0.6 is 0 Å². The zero-order valence-corrected chi connectivity index (χ0v) is 18.0. The molecule has 0 N–H and O–H groups in total. The lowest BCUT2D eigenvalue weighted by atomic mass is 9.98.